The van der Waals surface area contributed by atoms with Gasteiger partial charge >= 0.3 is 5.97 Å². The van der Waals surface area contributed by atoms with Crippen LogP contribution in [0.3, 0.4) is 0 Å². The van der Waals surface area contributed by atoms with Gasteiger partial charge in [-0.1, -0.05) is 13.8 Å². The highest BCUT2D eigenvalue weighted by atomic mass is 16.5. The maximum atomic E-state index is 13.5. The molecule has 12 atom stereocenters. The standard InChI is InChI=1S/C29H45NO4/c1-16-5-8-27-29(4,33)23-7-6-19-20(22(23)15-30(27)14-16)12-24-21(19)13-26(32)25-11-18(34-17(2)31)9-10-28(24,25)3/h16,18-25,27,33H,5-15H2,1-4H3/t16-,18-,19+,20+,21-,22-,23-,24-,25+,27-,28+,29-/m0/s1. The van der Waals surface area contributed by atoms with Crippen molar-refractivity contribution in [2.45, 2.75) is 103 Å². The van der Waals surface area contributed by atoms with Gasteiger partial charge in [0.15, 0.2) is 0 Å². The summed E-state index contributed by atoms with van der Waals surface area (Å²) in [6, 6.07) is 0.324. The van der Waals surface area contributed by atoms with Crippen molar-refractivity contribution in [3.63, 3.8) is 0 Å². The van der Waals surface area contributed by atoms with Crippen molar-refractivity contribution in [2.24, 2.45) is 52.8 Å². The van der Waals surface area contributed by atoms with Gasteiger partial charge in [0.1, 0.15) is 11.9 Å². The second-order valence-electron chi connectivity index (χ2n) is 13.8. The van der Waals surface area contributed by atoms with E-state index < -0.39 is 5.60 Å². The lowest BCUT2D eigenvalue weighted by atomic mass is 9.51. The number of carbonyl (C=O) groups excluding carboxylic acids is 2. The van der Waals surface area contributed by atoms with Crippen molar-refractivity contribution >= 4 is 11.8 Å². The Kier molecular flexibility index (Phi) is 5.54. The molecule has 1 N–H and O–H groups in total. The summed E-state index contributed by atoms with van der Waals surface area (Å²) < 4.78 is 5.57. The molecule has 0 unspecified atom stereocenters. The van der Waals surface area contributed by atoms with Crippen LogP contribution in [0.25, 0.3) is 0 Å². The van der Waals surface area contributed by atoms with Gasteiger partial charge < -0.3 is 9.84 Å². The molecule has 6 fully saturated rings. The first kappa shape index (κ1) is 23.5. The number of nitrogens with zero attached hydrogens (tertiary/aromatic N) is 1. The number of piperidine rings is 2. The molecule has 4 saturated carbocycles. The quantitative estimate of drug-likeness (QED) is 0.572. The number of ketones is 1. The van der Waals surface area contributed by atoms with E-state index in [1.165, 1.54) is 26.2 Å². The number of aliphatic hydroxyl groups is 1. The zero-order valence-corrected chi connectivity index (χ0v) is 21.7. The lowest BCUT2D eigenvalue weighted by Gasteiger charge is -2.59. The Morgan fingerprint density at radius 1 is 0.971 bits per heavy atom. The van der Waals surface area contributed by atoms with Crippen LogP contribution < -0.4 is 0 Å². The lowest BCUT2D eigenvalue weighted by molar-refractivity contribution is -0.175. The van der Waals surface area contributed by atoms with Gasteiger partial charge in [-0.2, -0.15) is 0 Å². The van der Waals surface area contributed by atoms with Crippen LogP contribution in [-0.4, -0.2) is 52.6 Å². The molecule has 6 rings (SSSR count). The summed E-state index contributed by atoms with van der Waals surface area (Å²) in [6.07, 6.45) is 9.19. The molecule has 5 nitrogen and oxygen atoms in total. The first-order valence-corrected chi connectivity index (χ1v) is 14.3. The average molecular weight is 472 g/mol. The Bertz CT molecular complexity index is 855. The zero-order chi connectivity index (χ0) is 24.0. The molecular formula is C29H45NO4. The summed E-state index contributed by atoms with van der Waals surface area (Å²) in [5, 5.41) is 11.9. The van der Waals surface area contributed by atoms with Gasteiger partial charge in [0, 0.05) is 38.4 Å². The van der Waals surface area contributed by atoms with Gasteiger partial charge in [-0.25, -0.2) is 0 Å². The Labute approximate surface area is 205 Å². The molecule has 190 valence electrons. The third-order valence-electron chi connectivity index (χ3n) is 12.1. The molecule has 4 aliphatic carbocycles. The van der Waals surface area contributed by atoms with E-state index in [9.17, 15) is 14.7 Å². The number of hydrogen-bond acceptors (Lipinski definition) is 5. The first-order valence-electron chi connectivity index (χ1n) is 14.3. The van der Waals surface area contributed by atoms with E-state index in [2.05, 4.69) is 25.7 Å². The van der Waals surface area contributed by atoms with Gasteiger partial charge in [-0.15, -0.1) is 0 Å². The predicted molar refractivity (Wildman–Crippen MR) is 130 cm³/mol. The molecule has 0 aromatic heterocycles. The third-order valence-corrected chi connectivity index (χ3v) is 12.1. The molecule has 0 aromatic carbocycles. The minimum atomic E-state index is -0.591. The van der Waals surface area contributed by atoms with E-state index in [0.29, 0.717) is 47.3 Å². The average Bonchev–Trinajstić information content (AvgIpc) is 3.14. The summed E-state index contributed by atoms with van der Waals surface area (Å²) in [5.74, 6) is 4.37. The molecule has 6 aliphatic rings. The topological polar surface area (TPSA) is 66.8 Å². The highest BCUT2D eigenvalue weighted by molar-refractivity contribution is 5.83. The second kappa shape index (κ2) is 8.03. The summed E-state index contributed by atoms with van der Waals surface area (Å²) in [4.78, 5) is 27.7. The number of ether oxygens (including phenoxy) is 1. The predicted octanol–water partition coefficient (Wildman–Crippen LogP) is 4.46. The normalized spacial score (nSPS) is 54.8. The van der Waals surface area contributed by atoms with Crippen LogP contribution in [0.4, 0.5) is 0 Å². The Balaban J connectivity index is 1.26. The molecule has 0 bridgehead atoms. The number of hydrogen-bond donors (Lipinski definition) is 1. The third kappa shape index (κ3) is 3.38. The van der Waals surface area contributed by atoms with Crippen LogP contribution in [0.5, 0.6) is 0 Å². The molecule has 2 saturated heterocycles. The van der Waals surface area contributed by atoms with Crippen LogP contribution in [0.15, 0.2) is 0 Å². The van der Waals surface area contributed by atoms with Crippen molar-refractivity contribution in [3.05, 3.63) is 0 Å². The molecule has 2 heterocycles. The lowest BCUT2D eigenvalue weighted by Crippen LogP contribution is -2.67. The monoisotopic (exact) mass is 471 g/mol. The van der Waals surface area contributed by atoms with Crippen LogP contribution in [0, 0.1) is 52.8 Å². The fourth-order valence-electron chi connectivity index (χ4n) is 10.7. The molecule has 0 radical (unpaired) electrons. The van der Waals surface area contributed by atoms with E-state index in [4.69, 9.17) is 4.74 Å². The fraction of sp³-hybridized carbons (Fsp3) is 0.931. The molecule has 2 aliphatic heterocycles. The molecule has 0 amide bonds. The minimum Gasteiger partial charge on any atom is -0.463 e. The maximum absolute atomic E-state index is 13.5. The summed E-state index contributed by atoms with van der Waals surface area (Å²) in [6.45, 7) is 10.7. The Morgan fingerprint density at radius 3 is 2.53 bits per heavy atom. The first-order chi connectivity index (χ1) is 16.1. The fourth-order valence-corrected chi connectivity index (χ4v) is 10.7. The van der Waals surface area contributed by atoms with Crippen molar-refractivity contribution in [3.8, 4) is 0 Å². The largest absolute Gasteiger partial charge is 0.463 e. The number of rotatable bonds is 1. The number of Topliss-reactive ketones (excluding diaryl/α,β-unsaturated/α-hetero) is 1. The highest BCUT2D eigenvalue weighted by Crippen LogP contribution is 2.66. The SMILES string of the molecule is CC(=O)O[C@H]1CC[C@@]2(C)[C@H](C1)C(=O)C[C@H]1[C@@H]3CC[C@H]4[C@@H](CN5C[C@@H](C)CC[C@H]5[C@@]4(C)O)[C@@H]3C[C@@H]12. The van der Waals surface area contributed by atoms with Gasteiger partial charge in [-0.05, 0) is 105 Å². The molecular weight excluding hydrogens is 426 g/mol. The van der Waals surface area contributed by atoms with Crippen LogP contribution in [0.2, 0.25) is 0 Å². The molecule has 5 heteroatoms. The number of fused-ring (bicyclic) bond motifs is 8. The van der Waals surface area contributed by atoms with Crippen LogP contribution in [-0.2, 0) is 14.3 Å². The Morgan fingerprint density at radius 2 is 1.76 bits per heavy atom. The van der Waals surface area contributed by atoms with E-state index in [1.807, 2.05) is 0 Å². The Hall–Kier alpha value is -0.940. The molecule has 0 spiro atoms. The minimum absolute atomic E-state index is 0.0445. The second-order valence-corrected chi connectivity index (χ2v) is 13.8. The van der Waals surface area contributed by atoms with E-state index in [0.717, 1.165) is 57.5 Å². The van der Waals surface area contributed by atoms with Crippen molar-refractivity contribution < 1.29 is 19.4 Å². The van der Waals surface area contributed by atoms with Crippen molar-refractivity contribution in [2.75, 3.05) is 13.1 Å². The van der Waals surface area contributed by atoms with Crippen molar-refractivity contribution in [1.29, 1.82) is 0 Å². The van der Waals surface area contributed by atoms with Gasteiger partial charge in [-0.3, -0.25) is 14.5 Å². The van der Waals surface area contributed by atoms with E-state index in [1.54, 1.807) is 0 Å². The summed E-state index contributed by atoms with van der Waals surface area (Å²) >= 11 is 0. The van der Waals surface area contributed by atoms with Crippen LogP contribution >= 0.6 is 0 Å². The van der Waals surface area contributed by atoms with Crippen molar-refractivity contribution in [1.82, 2.24) is 4.90 Å². The van der Waals surface area contributed by atoms with Crippen LogP contribution in [0.1, 0.15) is 85.5 Å². The number of esters is 1. The van der Waals surface area contributed by atoms with E-state index in [-0.39, 0.29) is 23.4 Å². The zero-order valence-electron chi connectivity index (χ0n) is 21.7. The smallest absolute Gasteiger partial charge is 0.302 e. The molecule has 0 aromatic rings. The number of carbonyl (C=O) groups is 2. The molecule has 34 heavy (non-hydrogen) atoms. The van der Waals surface area contributed by atoms with Gasteiger partial charge in [0.05, 0.1) is 5.60 Å². The maximum Gasteiger partial charge on any atom is 0.302 e. The summed E-state index contributed by atoms with van der Waals surface area (Å²) in [5.41, 5.74) is -0.547. The van der Waals surface area contributed by atoms with E-state index >= 15 is 0 Å². The van der Waals surface area contributed by atoms with Gasteiger partial charge in [0.2, 0.25) is 0 Å². The summed E-state index contributed by atoms with van der Waals surface area (Å²) in [7, 11) is 0. The highest BCUT2D eigenvalue weighted by Gasteiger charge is 2.64. The van der Waals surface area contributed by atoms with Gasteiger partial charge in [0.25, 0.3) is 0 Å².